The molecule has 3 aromatic rings. The third-order valence-electron chi connectivity index (χ3n) is 5.10. The monoisotopic (exact) mass is 417 g/mol. The standard InChI is InChI=1S/C24H23N3O2S/c1-2-14-27(24-25-21(17-30-24)19-7-4-3-5-8-19)23(29)20-12-10-18(11-13-20)16-26-15-6-9-22(26)28/h2-5,7-8,10-13,17H,1,6,9,14-16H2. The first-order valence-corrected chi connectivity index (χ1v) is 10.8. The van der Waals surface area contributed by atoms with Gasteiger partial charge in [0, 0.05) is 42.6 Å². The van der Waals surface area contributed by atoms with Gasteiger partial charge in [-0.05, 0) is 24.1 Å². The van der Waals surface area contributed by atoms with E-state index < -0.39 is 0 Å². The summed E-state index contributed by atoms with van der Waals surface area (Å²) < 4.78 is 0. The van der Waals surface area contributed by atoms with Gasteiger partial charge < -0.3 is 4.90 Å². The molecule has 0 aliphatic carbocycles. The molecule has 0 radical (unpaired) electrons. The van der Waals surface area contributed by atoms with Crippen LogP contribution in [0.4, 0.5) is 5.13 Å². The lowest BCUT2D eigenvalue weighted by Crippen LogP contribution is -2.31. The fourth-order valence-corrected chi connectivity index (χ4v) is 4.35. The van der Waals surface area contributed by atoms with E-state index in [4.69, 9.17) is 0 Å². The highest BCUT2D eigenvalue weighted by Crippen LogP contribution is 2.28. The molecule has 2 amide bonds. The molecule has 1 saturated heterocycles. The second-order valence-electron chi connectivity index (χ2n) is 7.20. The van der Waals surface area contributed by atoms with Crippen molar-refractivity contribution in [2.45, 2.75) is 19.4 Å². The number of hydrogen-bond acceptors (Lipinski definition) is 4. The van der Waals surface area contributed by atoms with E-state index in [1.807, 2.05) is 64.9 Å². The SMILES string of the molecule is C=CCN(C(=O)c1ccc(CN2CCCC2=O)cc1)c1nc(-c2ccccc2)cs1. The van der Waals surface area contributed by atoms with Gasteiger partial charge in [0.05, 0.1) is 5.69 Å². The Hall–Kier alpha value is -3.25. The number of likely N-dealkylation sites (tertiary alicyclic amines) is 1. The van der Waals surface area contributed by atoms with Crippen LogP contribution < -0.4 is 4.90 Å². The minimum atomic E-state index is -0.118. The lowest BCUT2D eigenvalue weighted by Gasteiger charge is -2.19. The van der Waals surface area contributed by atoms with Crippen molar-refractivity contribution in [3.05, 3.63) is 83.8 Å². The number of aromatic nitrogens is 1. The van der Waals surface area contributed by atoms with Gasteiger partial charge in [-0.1, -0.05) is 48.5 Å². The highest BCUT2D eigenvalue weighted by Gasteiger charge is 2.22. The van der Waals surface area contributed by atoms with Crippen molar-refractivity contribution in [1.29, 1.82) is 0 Å². The first-order valence-electron chi connectivity index (χ1n) is 9.96. The smallest absolute Gasteiger partial charge is 0.260 e. The summed E-state index contributed by atoms with van der Waals surface area (Å²) in [7, 11) is 0. The molecule has 0 unspecified atom stereocenters. The quantitative estimate of drug-likeness (QED) is 0.521. The van der Waals surface area contributed by atoms with E-state index in [9.17, 15) is 9.59 Å². The normalized spacial score (nSPS) is 13.5. The largest absolute Gasteiger partial charge is 0.338 e. The highest BCUT2D eigenvalue weighted by molar-refractivity contribution is 7.14. The molecule has 5 nitrogen and oxygen atoms in total. The van der Waals surface area contributed by atoms with Crippen molar-refractivity contribution >= 4 is 28.3 Å². The van der Waals surface area contributed by atoms with Gasteiger partial charge >= 0.3 is 0 Å². The maximum atomic E-state index is 13.2. The molecule has 1 fully saturated rings. The average molecular weight is 418 g/mol. The van der Waals surface area contributed by atoms with Crippen LogP contribution in [0.3, 0.4) is 0 Å². The molecule has 1 aromatic heterocycles. The van der Waals surface area contributed by atoms with E-state index in [2.05, 4.69) is 11.6 Å². The van der Waals surface area contributed by atoms with E-state index in [1.165, 1.54) is 11.3 Å². The van der Waals surface area contributed by atoms with Crippen LogP contribution in [0.5, 0.6) is 0 Å². The Kier molecular flexibility index (Phi) is 6.05. The molecule has 4 rings (SSSR count). The molecule has 0 spiro atoms. The summed E-state index contributed by atoms with van der Waals surface area (Å²) in [6.45, 7) is 5.57. The molecular formula is C24H23N3O2S. The van der Waals surface area contributed by atoms with Gasteiger partial charge in [-0.25, -0.2) is 4.98 Å². The summed E-state index contributed by atoms with van der Waals surface area (Å²) in [4.78, 5) is 33.2. The van der Waals surface area contributed by atoms with Gasteiger partial charge in [0.2, 0.25) is 5.91 Å². The van der Waals surface area contributed by atoms with Crippen LogP contribution >= 0.6 is 11.3 Å². The predicted octanol–water partition coefficient (Wildman–Crippen LogP) is 4.77. The van der Waals surface area contributed by atoms with Gasteiger partial charge in [-0.3, -0.25) is 14.5 Å². The van der Waals surface area contributed by atoms with E-state index in [-0.39, 0.29) is 11.8 Å². The summed E-state index contributed by atoms with van der Waals surface area (Å²) in [5.41, 5.74) is 3.48. The Labute approximate surface area is 180 Å². The molecule has 30 heavy (non-hydrogen) atoms. The molecule has 0 atom stereocenters. The lowest BCUT2D eigenvalue weighted by atomic mass is 10.1. The van der Waals surface area contributed by atoms with E-state index in [1.54, 1.807) is 11.0 Å². The highest BCUT2D eigenvalue weighted by atomic mass is 32.1. The third kappa shape index (κ3) is 4.33. The fourth-order valence-electron chi connectivity index (χ4n) is 3.51. The number of anilines is 1. The predicted molar refractivity (Wildman–Crippen MR) is 121 cm³/mol. The number of amides is 2. The first-order chi connectivity index (χ1) is 14.7. The minimum absolute atomic E-state index is 0.118. The Morgan fingerprint density at radius 3 is 2.60 bits per heavy atom. The molecule has 0 bridgehead atoms. The summed E-state index contributed by atoms with van der Waals surface area (Å²) in [6.07, 6.45) is 3.26. The van der Waals surface area contributed by atoms with Crippen molar-refractivity contribution in [2.75, 3.05) is 18.0 Å². The van der Waals surface area contributed by atoms with Crippen LogP contribution in [0.1, 0.15) is 28.8 Å². The maximum Gasteiger partial charge on any atom is 0.260 e. The lowest BCUT2D eigenvalue weighted by molar-refractivity contribution is -0.128. The van der Waals surface area contributed by atoms with Gasteiger partial charge in [0.1, 0.15) is 0 Å². The zero-order valence-corrected chi connectivity index (χ0v) is 17.5. The minimum Gasteiger partial charge on any atom is -0.338 e. The van der Waals surface area contributed by atoms with Crippen molar-refractivity contribution < 1.29 is 9.59 Å². The van der Waals surface area contributed by atoms with E-state index in [0.717, 1.165) is 29.8 Å². The Bertz CT molecular complexity index is 1040. The average Bonchev–Trinajstić information content (AvgIpc) is 3.42. The van der Waals surface area contributed by atoms with Crippen LogP contribution in [0.25, 0.3) is 11.3 Å². The molecule has 0 N–H and O–H groups in total. The number of carbonyl (C=O) groups is 2. The first kappa shape index (κ1) is 20.0. The van der Waals surface area contributed by atoms with Crippen LogP contribution in [0.2, 0.25) is 0 Å². The molecule has 0 saturated carbocycles. The summed E-state index contributed by atoms with van der Waals surface area (Å²) in [5.74, 6) is 0.0814. The Morgan fingerprint density at radius 1 is 1.17 bits per heavy atom. The topological polar surface area (TPSA) is 53.5 Å². The molecule has 6 heteroatoms. The molecule has 1 aliphatic heterocycles. The second kappa shape index (κ2) is 9.05. The van der Waals surface area contributed by atoms with Crippen LogP contribution in [0, 0.1) is 0 Å². The number of thiazole rings is 1. The molecule has 152 valence electrons. The number of nitrogens with zero attached hydrogens (tertiary/aromatic N) is 3. The molecule has 1 aliphatic rings. The van der Waals surface area contributed by atoms with Crippen LogP contribution in [-0.4, -0.2) is 34.8 Å². The number of benzene rings is 2. The fraction of sp³-hybridized carbons (Fsp3) is 0.208. The molecular weight excluding hydrogens is 394 g/mol. The van der Waals surface area contributed by atoms with Crippen molar-refractivity contribution in [3.8, 4) is 11.3 Å². The number of hydrogen-bond donors (Lipinski definition) is 0. The van der Waals surface area contributed by atoms with Crippen LogP contribution in [0.15, 0.2) is 72.6 Å². The van der Waals surface area contributed by atoms with E-state index >= 15 is 0 Å². The van der Waals surface area contributed by atoms with Crippen LogP contribution in [-0.2, 0) is 11.3 Å². The Balaban J connectivity index is 1.51. The second-order valence-corrected chi connectivity index (χ2v) is 8.04. The summed E-state index contributed by atoms with van der Waals surface area (Å²) in [6, 6.07) is 17.4. The zero-order chi connectivity index (χ0) is 20.9. The molecule has 2 heterocycles. The zero-order valence-electron chi connectivity index (χ0n) is 16.7. The Morgan fingerprint density at radius 2 is 1.93 bits per heavy atom. The van der Waals surface area contributed by atoms with Gasteiger partial charge in [-0.2, -0.15) is 0 Å². The van der Waals surface area contributed by atoms with Gasteiger partial charge in [0.25, 0.3) is 5.91 Å². The number of rotatable bonds is 7. The van der Waals surface area contributed by atoms with E-state index in [0.29, 0.717) is 30.2 Å². The van der Waals surface area contributed by atoms with Crippen molar-refractivity contribution in [2.24, 2.45) is 0 Å². The van der Waals surface area contributed by atoms with Gasteiger partial charge in [0.15, 0.2) is 5.13 Å². The molecule has 2 aromatic carbocycles. The summed E-state index contributed by atoms with van der Waals surface area (Å²) in [5, 5.41) is 2.61. The maximum absolute atomic E-state index is 13.2. The van der Waals surface area contributed by atoms with Crippen molar-refractivity contribution in [1.82, 2.24) is 9.88 Å². The van der Waals surface area contributed by atoms with Gasteiger partial charge in [-0.15, -0.1) is 17.9 Å². The third-order valence-corrected chi connectivity index (χ3v) is 5.96. The van der Waals surface area contributed by atoms with Crippen molar-refractivity contribution in [3.63, 3.8) is 0 Å². The summed E-state index contributed by atoms with van der Waals surface area (Å²) >= 11 is 1.44. The number of carbonyl (C=O) groups excluding carboxylic acids is 2.